The molecule has 22 heavy (non-hydrogen) atoms. The summed E-state index contributed by atoms with van der Waals surface area (Å²) in [7, 11) is 0. The van der Waals surface area contributed by atoms with Gasteiger partial charge >= 0.3 is 0 Å². The van der Waals surface area contributed by atoms with Crippen LogP contribution < -0.4 is 5.32 Å². The minimum absolute atomic E-state index is 0.0820. The molecule has 1 heterocycles. The summed E-state index contributed by atoms with van der Waals surface area (Å²) in [4.78, 5) is 16.9. The number of likely N-dealkylation sites (N-methyl/N-ethyl adjacent to an activating group) is 1. The van der Waals surface area contributed by atoms with Crippen molar-refractivity contribution < 1.29 is 4.79 Å². The molecule has 1 fully saturated rings. The molecule has 5 heteroatoms. The summed E-state index contributed by atoms with van der Waals surface area (Å²) in [6.45, 7) is 10.7. The average Bonchev–Trinajstić information content (AvgIpc) is 2.50. The van der Waals surface area contributed by atoms with E-state index < -0.39 is 0 Å². The summed E-state index contributed by atoms with van der Waals surface area (Å²) in [5.41, 5.74) is 1.06. The average molecular weight is 324 g/mol. The summed E-state index contributed by atoms with van der Waals surface area (Å²) in [5.74, 6) is 0.0820. The molecule has 0 aliphatic carbocycles. The van der Waals surface area contributed by atoms with Gasteiger partial charge in [0.1, 0.15) is 0 Å². The first-order valence-electron chi connectivity index (χ1n) is 7.98. The molecule has 1 aliphatic rings. The van der Waals surface area contributed by atoms with Crippen molar-refractivity contribution in [3.05, 3.63) is 34.9 Å². The molecule has 1 aromatic carbocycles. The SMILES string of the molecule is CCN1C[C@H](C)N(CC(=O)NCc2ccc(Cl)cc2)[C@@H](C)C1. The standard InChI is InChI=1S/C17H26ClN3O/c1-4-20-10-13(2)21(14(3)11-20)12-17(22)19-9-15-5-7-16(18)8-6-15/h5-8,13-14H,4,9-12H2,1-3H3,(H,19,22)/t13-,14-/m0/s1. The van der Waals surface area contributed by atoms with E-state index in [4.69, 9.17) is 11.6 Å². The topological polar surface area (TPSA) is 35.6 Å². The first-order valence-corrected chi connectivity index (χ1v) is 8.36. The minimum Gasteiger partial charge on any atom is -0.351 e. The molecule has 4 nitrogen and oxygen atoms in total. The molecule has 1 N–H and O–H groups in total. The molecule has 0 spiro atoms. The van der Waals surface area contributed by atoms with Gasteiger partial charge in [-0.2, -0.15) is 0 Å². The predicted molar refractivity (Wildman–Crippen MR) is 91.0 cm³/mol. The van der Waals surface area contributed by atoms with E-state index in [0.29, 0.717) is 30.2 Å². The van der Waals surface area contributed by atoms with Crippen LogP contribution in [-0.2, 0) is 11.3 Å². The van der Waals surface area contributed by atoms with Crippen LogP contribution in [-0.4, -0.2) is 54.0 Å². The second kappa shape index (κ2) is 7.95. The van der Waals surface area contributed by atoms with Crippen molar-refractivity contribution in [1.29, 1.82) is 0 Å². The van der Waals surface area contributed by atoms with Gasteiger partial charge < -0.3 is 10.2 Å². The molecule has 1 amide bonds. The molecule has 122 valence electrons. The van der Waals surface area contributed by atoms with E-state index in [0.717, 1.165) is 25.2 Å². The van der Waals surface area contributed by atoms with Crippen LogP contribution >= 0.6 is 11.6 Å². The number of rotatable bonds is 5. The number of halogens is 1. The first-order chi connectivity index (χ1) is 10.5. The van der Waals surface area contributed by atoms with Crippen LogP contribution in [0, 0.1) is 0 Å². The molecule has 2 rings (SSSR count). The monoisotopic (exact) mass is 323 g/mol. The van der Waals surface area contributed by atoms with Crippen LogP contribution in [0.3, 0.4) is 0 Å². The molecule has 0 bridgehead atoms. The maximum Gasteiger partial charge on any atom is 0.234 e. The van der Waals surface area contributed by atoms with Gasteiger partial charge in [-0.15, -0.1) is 0 Å². The Morgan fingerprint density at radius 1 is 1.23 bits per heavy atom. The Balaban J connectivity index is 1.82. The van der Waals surface area contributed by atoms with E-state index in [-0.39, 0.29) is 5.91 Å². The number of nitrogens with one attached hydrogen (secondary N) is 1. The third kappa shape index (κ3) is 4.70. The second-order valence-electron chi connectivity index (χ2n) is 6.13. The highest BCUT2D eigenvalue weighted by Crippen LogP contribution is 2.15. The Morgan fingerprint density at radius 3 is 2.36 bits per heavy atom. The fourth-order valence-corrected chi connectivity index (χ4v) is 3.19. The van der Waals surface area contributed by atoms with E-state index in [1.807, 2.05) is 24.3 Å². The molecule has 0 aromatic heterocycles. The van der Waals surface area contributed by atoms with Gasteiger partial charge in [-0.05, 0) is 38.1 Å². The molecule has 0 radical (unpaired) electrons. The van der Waals surface area contributed by atoms with Gasteiger partial charge in [0.05, 0.1) is 6.54 Å². The van der Waals surface area contributed by atoms with Crippen LogP contribution in [0.5, 0.6) is 0 Å². The third-order valence-corrected chi connectivity index (χ3v) is 4.61. The quantitative estimate of drug-likeness (QED) is 0.903. The summed E-state index contributed by atoms with van der Waals surface area (Å²) in [6.07, 6.45) is 0. The van der Waals surface area contributed by atoms with E-state index in [1.54, 1.807) is 0 Å². The van der Waals surface area contributed by atoms with Gasteiger partial charge in [0.25, 0.3) is 0 Å². The van der Waals surface area contributed by atoms with Crippen molar-refractivity contribution in [2.45, 2.75) is 39.4 Å². The summed E-state index contributed by atoms with van der Waals surface area (Å²) in [6, 6.07) is 8.38. The Hall–Kier alpha value is -1.10. The molecule has 1 aliphatic heterocycles. The van der Waals surface area contributed by atoms with Crippen molar-refractivity contribution in [3.63, 3.8) is 0 Å². The van der Waals surface area contributed by atoms with E-state index in [2.05, 4.69) is 35.9 Å². The van der Waals surface area contributed by atoms with Crippen LogP contribution in [0.25, 0.3) is 0 Å². The second-order valence-corrected chi connectivity index (χ2v) is 6.56. The lowest BCUT2D eigenvalue weighted by Gasteiger charge is -2.43. The largest absolute Gasteiger partial charge is 0.351 e. The molecule has 0 saturated carbocycles. The highest BCUT2D eigenvalue weighted by Gasteiger charge is 2.29. The lowest BCUT2D eigenvalue weighted by atomic mass is 10.1. The third-order valence-electron chi connectivity index (χ3n) is 4.35. The molecular formula is C17H26ClN3O. The van der Waals surface area contributed by atoms with Crippen molar-refractivity contribution in [3.8, 4) is 0 Å². The van der Waals surface area contributed by atoms with Crippen LogP contribution in [0.1, 0.15) is 26.3 Å². The van der Waals surface area contributed by atoms with Gasteiger partial charge in [0.15, 0.2) is 0 Å². The summed E-state index contributed by atoms with van der Waals surface area (Å²) in [5, 5.41) is 3.71. The number of nitrogens with zero attached hydrogens (tertiary/aromatic N) is 2. The van der Waals surface area contributed by atoms with Crippen molar-refractivity contribution in [2.24, 2.45) is 0 Å². The van der Waals surface area contributed by atoms with E-state index >= 15 is 0 Å². The lowest BCUT2D eigenvalue weighted by Crippen LogP contribution is -2.58. The normalized spacial score (nSPS) is 23.5. The number of piperazine rings is 1. The van der Waals surface area contributed by atoms with E-state index in [1.165, 1.54) is 0 Å². The van der Waals surface area contributed by atoms with Gasteiger partial charge in [-0.25, -0.2) is 0 Å². The number of carbonyl (C=O) groups excluding carboxylic acids is 1. The maximum atomic E-state index is 12.2. The predicted octanol–water partition coefficient (Wildman–Crippen LogP) is 2.37. The van der Waals surface area contributed by atoms with Crippen molar-refractivity contribution >= 4 is 17.5 Å². The molecular weight excluding hydrogens is 298 g/mol. The summed E-state index contributed by atoms with van der Waals surface area (Å²) < 4.78 is 0. The lowest BCUT2D eigenvalue weighted by molar-refractivity contribution is -0.124. The number of benzene rings is 1. The fraction of sp³-hybridized carbons (Fsp3) is 0.588. The molecule has 2 atom stereocenters. The molecule has 0 unspecified atom stereocenters. The van der Waals surface area contributed by atoms with Crippen LogP contribution in [0.15, 0.2) is 24.3 Å². The van der Waals surface area contributed by atoms with Crippen LogP contribution in [0.2, 0.25) is 5.02 Å². The zero-order valence-electron chi connectivity index (χ0n) is 13.7. The van der Waals surface area contributed by atoms with Crippen molar-refractivity contribution in [1.82, 2.24) is 15.1 Å². The van der Waals surface area contributed by atoms with Gasteiger partial charge in [-0.3, -0.25) is 9.69 Å². The molecule has 1 saturated heterocycles. The first kappa shape index (κ1) is 17.3. The number of hydrogen-bond donors (Lipinski definition) is 1. The van der Waals surface area contributed by atoms with E-state index in [9.17, 15) is 4.79 Å². The highest BCUT2D eigenvalue weighted by atomic mass is 35.5. The zero-order valence-corrected chi connectivity index (χ0v) is 14.4. The Bertz CT molecular complexity index is 479. The smallest absolute Gasteiger partial charge is 0.234 e. The van der Waals surface area contributed by atoms with Gasteiger partial charge in [0.2, 0.25) is 5.91 Å². The number of amides is 1. The minimum atomic E-state index is 0.0820. The number of hydrogen-bond acceptors (Lipinski definition) is 3. The Labute approximate surface area is 138 Å². The van der Waals surface area contributed by atoms with Crippen LogP contribution in [0.4, 0.5) is 0 Å². The Morgan fingerprint density at radius 2 is 1.82 bits per heavy atom. The molecule has 1 aromatic rings. The van der Waals surface area contributed by atoms with Crippen molar-refractivity contribution in [2.75, 3.05) is 26.2 Å². The summed E-state index contributed by atoms with van der Waals surface area (Å²) >= 11 is 5.86. The van der Waals surface area contributed by atoms with Gasteiger partial charge in [0, 0.05) is 36.7 Å². The Kier molecular flexibility index (Phi) is 6.24. The number of carbonyl (C=O) groups is 1. The fourth-order valence-electron chi connectivity index (χ4n) is 3.06. The maximum absolute atomic E-state index is 12.2. The highest BCUT2D eigenvalue weighted by molar-refractivity contribution is 6.30. The zero-order chi connectivity index (χ0) is 16.1. The van der Waals surface area contributed by atoms with Gasteiger partial charge in [-0.1, -0.05) is 30.7 Å².